The van der Waals surface area contributed by atoms with Crippen LogP contribution >= 0.6 is 0 Å². The molecule has 0 spiro atoms. The molecule has 2 unspecified atom stereocenters. The summed E-state index contributed by atoms with van der Waals surface area (Å²) in [6.45, 7) is 5.29. The Labute approximate surface area is 151 Å². The molecule has 0 radical (unpaired) electrons. The minimum atomic E-state index is 0.000948. The Morgan fingerprint density at radius 3 is 2.56 bits per heavy atom. The second-order valence-electron chi connectivity index (χ2n) is 6.88. The van der Waals surface area contributed by atoms with Crippen molar-refractivity contribution in [2.75, 3.05) is 6.54 Å². The first-order valence-electron chi connectivity index (χ1n) is 9.41. The fraction of sp³-hybridized carbons (Fsp3) is 0.409. The number of hydrogen-bond acceptors (Lipinski definition) is 2. The predicted octanol–water partition coefficient (Wildman–Crippen LogP) is 4.55. The average molecular weight is 336 g/mol. The summed E-state index contributed by atoms with van der Waals surface area (Å²) < 4.78 is 0. The van der Waals surface area contributed by atoms with Crippen LogP contribution in [-0.2, 0) is 6.42 Å². The van der Waals surface area contributed by atoms with Gasteiger partial charge in [0, 0.05) is 17.2 Å². The second kappa shape index (κ2) is 8.30. The van der Waals surface area contributed by atoms with E-state index < -0.39 is 0 Å². The van der Waals surface area contributed by atoms with Gasteiger partial charge in [-0.05, 0) is 44.4 Å². The first kappa shape index (κ1) is 17.7. The highest BCUT2D eigenvalue weighted by Crippen LogP contribution is 2.34. The number of benzene rings is 2. The minimum Gasteiger partial charge on any atom is -0.316 e. The van der Waals surface area contributed by atoms with Crippen LogP contribution in [0, 0.1) is 0 Å². The molecule has 3 heteroatoms. The van der Waals surface area contributed by atoms with E-state index in [2.05, 4.69) is 49.5 Å². The number of carbonyl (C=O) groups excluding carboxylic acids is 1. The number of aryl methyl sites for hydroxylation is 1. The van der Waals surface area contributed by atoms with Crippen molar-refractivity contribution in [2.24, 2.45) is 0 Å². The Bertz CT molecular complexity index is 698. The molecule has 3 rings (SSSR count). The monoisotopic (exact) mass is 336 g/mol. The molecule has 0 fully saturated rings. The third-order valence-corrected chi connectivity index (χ3v) is 5.03. The van der Waals surface area contributed by atoms with Crippen LogP contribution in [0.2, 0.25) is 0 Å². The molecule has 0 aromatic heterocycles. The zero-order valence-corrected chi connectivity index (χ0v) is 15.2. The molecule has 2 atom stereocenters. The summed E-state index contributed by atoms with van der Waals surface area (Å²) in [5.41, 5.74) is 3.30. The standard InChI is InChI=1S/C22H28N2O/c1-3-4-16-23-21-19-12-8-9-13-20(19)22(25)24(21)17(2)14-15-18-10-6-5-7-11-18/h5-13,17,21,23H,3-4,14-16H2,1-2H3. The number of unbranched alkanes of at least 4 members (excludes halogenated alkanes) is 1. The summed E-state index contributed by atoms with van der Waals surface area (Å²) in [6, 6.07) is 18.7. The minimum absolute atomic E-state index is 0.000948. The number of rotatable bonds is 8. The number of nitrogens with one attached hydrogen (secondary N) is 1. The molecular formula is C22H28N2O. The van der Waals surface area contributed by atoms with Crippen molar-refractivity contribution in [2.45, 2.75) is 51.7 Å². The molecule has 1 heterocycles. The van der Waals surface area contributed by atoms with Crippen molar-refractivity contribution in [3.8, 4) is 0 Å². The first-order chi connectivity index (χ1) is 12.2. The van der Waals surface area contributed by atoms with Crippen LogP contribution in [0.1, 0.15) is 60.8 Å². The van der Waals surface area contributed by atoms with Crippen molar-refractivity contribution in [1.29, 1.82) is 0 Å². The fourth-order valence-electron chi connectivity index (χ4n) is 3.57. The van der Waals surface area contributed by atoms with Gasteiger partial charge in [0.1, 0.15) is 6.17 Å². The van der Waals surface area contributed by atoms with Crippen molar-refractivity contribution in [3.63, 3.8) is 0 Å². The molecule has 1 aliphatic heterocycles. The molecule has 1 amide bonds. The number of fused-ring (bicyclic) bond motifs is 1. The molecule has 132 valence electrons. The lowest BCUT2D eigenvalue weighted by atomic mass is 10.0. The number of carbonyl (C=O) groups is 1. The van der Waals surface area contributed by atoms with Crippen molar-refractivity contribution in [3.05, 3.63) is 71.3 Å². The number of hydrogen-bond donors (Lipinski definition) is 1. The van der Waals surface area contributed by atoms with Crippen LogP contribution in [-0.4, -0.2) is 23.4 Å². The van der Waals surface area contributed by atoms with Gasteiger partial charge in [-0.2, -0.15) is 0 Å². The van der Waals surface area contributed by atoms with Crippen LogP contribution in [0.3, 0.4) is 0 Å². The Kier molecular flexibility index (Phi) is 5.87. The maximum Gasteiger partial charge on any atom is 0.256 e. The third-order valence-electron chi connectivity index (χ3n) is 5.03. The van der Waals surface area contributed by atoms with Crippen LogP contribution in [0.15, 0.2) is 54.6 Å². The normalized spacial score (nSPS) is 17.6. The maximum atomic E-state index is 13.0. The average Bonchev–Trinajstić information content (AvgIpc) is 2.93. The smallest absolute Gasteiger partial charge is 0.256 e. The molecule has 25 heavy (non-hydrogen) atoms. The van der Waals surface area contributed by atoms with Gasteiger partial charge in [-0.15, -0.1) is 0 Å². The lowest BCUT2D eigenvalue weighted by molar-refractivity contribution is 0.0593. The van der Waals surface area contributed by atoms with E-state index in [1.54, 1.807) is 0 Å². The third kappa shape index (κ3) is 3.93. The molecule has 0 saturated carbocycles. The summed E-state index contributed by atoms with van der Waals surface area (Å²) in [5.74, 6) is 0.158. The van der Waals surface area contributed by atoms with E-state index in [9.17, 15) is 4.79 Å². The van der Waals surface area contributed by atoms with E-state index in [4.69, 9.17) is 0 Å². The van der Waals surface area contributed by atoms with Crippen LogP contribution in [0.4, 0.5) is 0 Å². The van der Waals surface area contributed by atoms with Gasteiger partial charge in [-0.25, -0.2) is 0 Å². The second-order valence-corrected chi connectivity index (χ2v) is 6.88. The largest absolute Gasteiger partial charge is 0.316 e. The fourth-order valence-corrected chi connectivity index (χ4v) is 3.57. The van der Waals surface area contributed by atoms with Gasteiger partial charge >= 0.3 is 0 Å². The van der Waals surface area contributed by atoms with E-state index in [0.29, 0.717) is 0 Å². The van der Waals surface area contributed by atoms with Gasteiger partial charge < -0.3 is 4.90 Å². The highest BCUT2D eigenvalue weighted by atomic mass is 16.2. The topological polar surface area (TPSA) is 32.3 Å². The van der Waals surface area contributed by atoms with E-state index in [1.807, 2.05) is 29.2 Å². The van der Waals surface area contributed by atoms with Gasteiger partial charge in [-0.1, -0.05) is 61.9 Å². The lowest BCUT2D eigenvalue weighted by Crippen LogP contribution is -2.42. The van der Waals surface area contributed by atoms with Crippen LogP contribution in [0.25, 0.3) is 0 Å². The number of nitrogens with zero attached hydrogens (tertiary/aromatic N) is 1. The molecule has 2 aromatic rings. The SMILES string of the molecule is CCCCNC1c2ccccc2C(=O)N1C(C)CCc1ccccc1. The summed E-state index contributed by atoms with van der Waals surface area (Å²) in [4.78, 5) is 15.0. The van der Waals surface area contributed by atoms with Crippen LogP contribution < -0.4 is 5.32 Å². The molecule has 1 aliphatic rings. The first-order valence-corrected chi connectivity index (χ1v) is 9.41. The van der Waals surface area contributed by atoms with E-state index in [0.717, 1.165) is 43.4 Å². The quantitative estimate of drug-likeness (QED) is 0.717. The zero-order valence-electron chi connectivity index (χ0n) is 15.2. The highest BCUT2D eigenvalue weighted by molar-refractivity contribution is 5.99. The predicted molar refractivity (Wildman–Crippen MR) is 102 cm³/mol. The van der Waals surface area contributed by atoms with Crippen molar-refractivity contribution < 1.29 is 4.79 Å². The van der Waals surface area contributed by atoms with Gasteiger partial charge in [0.05, 0.1) is 0 Å². The molecule has 0 bridgehead atoms. The summed E-state index contributed by atoms with van der Waals surface area (Å²) in [7, 11) is 0. The molecule has 3 nitrogen and oxygen atoms in total. The van der Waals surface area contributed by atoms with Gasteiger partial charge in [0.25, 0.3) is 5.91 Å². The van der Waals surface area contributed by atoms with E-state index in [1.165, 1.54) is 5.56 Å². The molecule has 1 N–H and O–H groups in total. The molecule has 0 saturated heterocycles. The van der Waals surface area contributed by atoms with Gasteiger partial charge in [-0.3, -0.25) is 10.1 Å². The lowest BCUT2D eigenvalue weighted by Gasteiger charge is -2.32. The molecule has 0 aliphatic carbocycles. The summed E-state index contributed by atoms with van der Waals surface area (Å²) in [5, 5.41) is 3.60. The molecule has 2 aromatic carbocycles. The van der Waals surface area contributed by atoms with Gasteiger partial charge in [0.15, 0.2) is 0 Å². The van der Waals surface area contributed by atoms with E-state index >= 15 is 0 Å². The summed E-state index contributed by atoms with van der Waals surface area (Å²) >= 11 is 0. The maximum absolute atomic E-state index is 13.0. The Balaban J connectivity index is 1.74. The Morgan fingerprint density at radius 2 is 1.80 bits per heavy atom. The summed E-state index contributed by atoms with van der Waals surface area (Å²) in [6.07, 6.45) is 4.23. The Hall–Kier alpha value is -2.13. The van der Waals surface area contributed by atoms with E-state index in [-0.39, 0.29) is 18.1 Å². The highest BCUT2D eigenvalue weighted by Gasteiger charge is 2.38. The van der Waals surface area contributed by atoms with Crippen molar-refractivity contribution in [1.82, 2.24) is 10.2 Å². The van der Waals surface area contributed by atoms with Crippen LogP contribution in [0.5, 0.6) is 0 Å². The molecular weight excluding hydrogens is 308 g/mol. The Morgan fingerprint density at radius 1 is 1.08 bits per heavy atom. The van der Waals surface area contributed by atoms with Gasteiger partial charge in [0.2, 0.25) is 0 Å². The zero-order chi connectivity index (χ0) is 17.6. The number of amides is 1. The van der Waals surface area contributed by atoms with Crippen molar-refractivity contribution >= 4 is 5.91 Å².